The van der Waals surface area contributed by atoms with Crippen LogP contribution in [-0.2, 0) is 11.3 Å². The summed E-state index contributed by atoms with van der Waals surface area (Å²) in [6, 6.07) is 13.3. The van der Waals surface area contributed by atoms with E-state index in [0.29, 0.717) is 24.2 Å². The number of anilines is 1. The third kappa shape index (κ3) is 5.96. The third-order valence-electron chi connectivity index (χ3n) is 6.63. The number of ether oxygens (including phenoxy) is 1. The van der Waals surface area contributed by atoms with Crippen molar-refractivity contribution in [2.75, 3.05) is 18.1 Å². The molecule has 4 rings (SSSR count). The summed E-state index contributed by atoms with van der Waals surface area (Å²) in [5.41, 5.74) is 1.66. The SMILES string of the molecule is O=C(C1CCCCC1)N(Cc1ccc(O)cc1Cl)c1ccc(OCCC2CCCN2)cc1. The molecule has 1 amide bonds. The van der Waals surface area contributed by atoms with E-state index in [2.05, 4.69) is 5.32 Å². The molecule has 2 aromatic rings. The number of carbonyl (C=O) groups is 1. The van der Waals surface area contributed by atoms with Crippen LogP contribution in [0.15, 0.2) is 42.5 Å². The zero-order valence-electron chi connectivity index (χ0n) is 18.6. The molecule has 0 spiro atoms. The molecule has 1 unspecified atom stereocenters. The third-order valence-corrected chi connectivity index (χ3v) is 6.98. The van der Waals surface area contributed by atoms with E-state index in [-0.39, 0.29) is 17.6 Å². The molecule has 5 nitrogen and oxygen atoms in total. The highest BCUT2D eigenvalue weighted by molar-refractivity contribution is 6.31. The molecule has 32 heavy (non-hydrogen) atoms. The van der Waals surface area contributed by atoms with Crippen LogP contribution in [0, 0.1) is 5.92 Å². The number of carbonyl (C=O) groups excluding carboxylic acids is 1. The summed E-state index contributed by atoms with van der Waals surface area (Å²) >= 11 is 6.36. The van der Waals surface area contributed by atoms with Crippen LogP contribution < -0.4 is 15.0 Å². The number of halogens is 1. The minimum absolute atomic E-state index is 0.0504. The van der Waals surface area contributed by atoms with E-state index in [1.165, 1.54) is 25.3 Å². The molecule has 0 radical (unpaired) electrons. The second-order valence-electron chi connectivity index (χ2n) is 8.96. The summed E-state index contributed by atoms with van der Waals surface area (Å²) in [6.45, 7) is 2.17. The number of hydrogen-bond acceptors (Lipinski definition) is 4. The minimum Gasteiger partial charge on any atom is -0.508 e. The van der Waals surface area contributed by atoms with Crippen molar-refractivity contribution < 1.29 is 14.6 Å². The Morgan fingerprint density at radius 1 is 1.06 bits per heavy atom. The summed E-state index contributed by atoms with van der Waals surface area (Å²) in [6.07, 6.45) is 8.77. The highest BCUT2D eigenvalue weighted by atomic mass is 35.5. The highest BCUT2D eigenvalue weighted by Gasteiger charge is 2.27. The van der Waals surface area contributed by atoms with Crippen molar-refractivity contribution in [2.45, 2.75) is 64.0 Å². The van der Waals surface area contributed by atoms with E-state index in [1.807, 2.05) is 29.2 Å². The van der Waals surface area contributed by atoms with Crippen LogP contribution in [0.5, 0.6) is 11.5 Å². The number of hydrogen-bond donors (Lipinski definition) is 2. The second-order valence-corrected chi connectivity index (χ2v) is 9.37. The molecule has 1 heterocycles. The monoisotopic (exact) mass is 456 g/mol. The quantitative estimate of drug-likeness (QED) is 0.536. The average Bonchev–Trinajstić information content (AvgIpc) is 3.33. The Kier molecular flexibility index (Phi) is 7.93. The Hall–Kier alpha value is -2.24. The number of nitrogens with zero attached hydrogens (tertiary/aromatic N) is 1. The molecule has 0 bridgehead atoms. The van der Waals surface area contributed by atoms with Gasteiger partial charge in [0.2, 0.25) is 5.91 Å². The molecule has 2 aliphatic rings. The lowest BCUT2D eigenvalue weighted by atomic mass is 9.88. The summed E-state index contributed by atoms with van der Waals surface area (Å²) in [5, 5.41) is 13.6. The fraction of sp³-hybridized carbons (Fsp3) is 0.500. The van der Waals surface area contributed by atoms with Crippen molar-refractivity contribution in [3.8, 4) is 11.5 Å². The van der Waals surface area contributed by atoms with Gasteiger partial charge in [0.25, 0.3) is 0 Å². The van der Waals surface area contributed by atoms with Gasteiger partial charge < -0.3 is 20.1 Å². The van der Waals surface area contributed by atoms with E-state index in [0.717, 1.165) is 55.6 Å². The Morgan fingerprint density at radius 2 is 1.84 bits per heavy atom. The molecular formula is C26H33ClN2O3. The first kappa shape index (κ1) is 22.9. The van der Waals surface area contributed by atoms with Crippen molar-refractivity contribution in [1.82, 2.24) is 5.32 Å². The van der Waals surface area contributed by atoms with Gasteiger partial charge >= 0.3 is 0 Å². The number of aromatic hydroxyl groups is 1. The van der Waals surface area contributed by atoms with Crippen LogP contribution in [0.25, 0.3) is 0 Å². The summed E-state index contributed by atoms with van der Waals surface area (Å²) in [4.78, 5) is 15.3. The van der Waals surface area contributed by atoms with Crippen molar-refractivity contribution in [3.63, 3.8) is 0 Å². The summed E-state index contributed by atoms with van der Waals surface area (Å²) in [7, 11) is 0. The van der Waals surface area contributed by atoms with Gasteiger partial charge in [-0.15, -0.1) is 0 Å². The number of phenolic OH excluding ortho intramolecular Hbond substituents is 1. The van der Waals surface area contributed by atoms with Crippen molar-refractivity contribution in [2.24, 2.45) is 5.92 Å². The highest BCUT2D eigenvalue weighted by Crippen LogP contribution is 2.31. The smallest absolute Gasteiger partial charge is 0.230 e. The number of nitrogens with one attached hydrogen (secondary N) is 1. The lowest BCUT2D eigenvalue weighted by Gasteiger charge is -2.30. The number of amides is 1. The first-order chi connectivity index (χ1) is 15.6. The van der Waals surface area contributed by atoms with E-state index >= 15 is 0 Å². The Morgan fingerprint density at radius 3 is 2.53 bits per heavy atom. The van der Waals surface area contributed by atoms with Gasteiger partial charge in [-0.1, -0.05) is 36.9 Å². The lowest BCUT2D eigenvalue weighted by Crippen LogP contribution is -2.36. The number of rotatable bonds is 8. The largest absolute Gasteiger partial charge is 0.508 e. The van der Waals surface area contributed by atoms with Gasteiger partial charge in [0.05, 0.1) is 13.2 Å². The average molecular weight is 457 g/mol. The summed E-state index contributed by atoms with van der Waals surface area (Å²) < 4.78 is 5.94. The van der Waals surface area contributed by atoms with Gasteiger partial charge in [-0.25, -0.2) is 0 Å². The van der Waals surface area contributed by atoms with E-state index < -0.39 is 0 Å². The predicted octanol–water partition coefficient (Wildman–Crippen LogP) is 5.68. The maximum absolute atomic E-state index is 13.5. The standard InChI is InChI=1S/C26H33ClN2O3/c27-25-17-23(30)11-8-20(25)18-29(26(31)19-5-2-1-3-6-19)22-9-12-24(13-10-22)32-16-14-21-7-4-15-28-21/h8-13,17,19,21,28,30H,1-7,14-16,18H2. The fourth-order valence-electron chi connectivity index (χ4n) is 4.75. The fourth-order valence-corrected chi connectivity index (χ4v) is 4.98. The van der Waals surface area contributed by atoms with Crippen LogP contribution in [0.1, 0.15) is 56.9 Å². The van der Waals surface area contributed by atoms with Crippen molar-refractivity contribution in [3.05, 3.63) is 53.1 Å². The van der Waals surface area contributed by atoms with Crippen molar-refractivity contribution >= 4 is 23.2 Å². The Bertz CT molecular complexity index is 890. The minimum atomic E-state index is 0.0504. The van der Waals surface area contributed by atoms with Crippen LogP contribution in [-0.4, -0.2) is 30.2 Å². The molecule has 172 valence electrons. The predicted molar refractivity (Wildman–Crippen MR) is 128 cm³/mol. The molecule has 1 aliphatic carbocycles. The van der Waals surface area contributed by atoms with Crippen LogP contribution >= 0.6 is 11.6 Å². The molecule has 1 saturated carbocycles. The van der Waals surface area contributed by atoms with E-state index in [4.69, 9.17) is 16.3 Å². The van der Waals surface area contributed by atoms with Gasteiger partial charge in [-0.2, -0.15) is 0 Å². The number of phenols is 1. The first-order valence-corrected chi connectivity index (χ1v) is 12.2. The molecule has 6 heteroatoms. The maximum Gasteiger partial charge on any atom is 0.230 e. The number of benzene rings is 2. The molecule has 2 fully saturated rings. The van der Waals surface area contributed by atoms with Gasteiger partial charge in [0.1, 0.15) is 11.5 Å². The van der Waals surface area contributed by atoms with Gasteiger partial charge in [0, 0.05) is 22.7 Å². The normalized spacial score (nSPS) is 19.1. The molecule has 2 aromatic carbocycles. The zero-order chi connectivity index (χ0) is 22.3. The summed E-state index contributed by atoms with van der Waals surface area (Å²) in [5.74, 6) is 1.14. The Balaban J connectivity index is 1.47. The van der Waals surface area contributed by atoms with Gasteiger partial charge in [0.15, 0.2) is 0 Å². The van der Waals surface area contributed by atoms with Crippen molar-refractivity contribution in [1.29, 1.82) is 0 Å². The van der Waals surface area contributed by atoms with Crippen LogP contribution in [0.4, 0.5) is 5.69 Å². The van der Waals surface area contributed by atoms with Gasteiger partial charge in [-0.3, -0.25) is 4.79 Å². The molecule has 1 aliphatic heterocycles. The molecule has 2 N–H and O–H groups in total. The van der Waals surface area contributed by atoms with E-state index in [9.17, 15) is 9.90 Å². The second kappa shape index (κ2) is 11.1. The maximum atomic E-state index is 13.5. The molecule has 1 atom stereocenters. The lowest BCUT2D eigenvalue weighted by molar-refractivity contribution is -0.123. The van der Waals surface area contributed by atoms with Gasteiger partial charge in [-0.05, 0) is 80.6 Å². The Labute approximate surface area is 195 Å². The zero-order valence-corrected chi connectivity index (χ0v) is 19.3. The van der Waals surface area contributed by atoms with Crippen LogP contribution in [0.3, 0.4) is 0 Å². The van der Waals surface area contributed by atoms with E-state index in [1.54, 1.807) is 12.1 Å². The topological polar surface area (TPSA) is 61.8 Å². The van der Waals surface area contributed by atoms with Crippen LogP contribution in [0.2, 0.25) is 5.02 Å². The molecular weight excluding hydrogens is 424 g/mol. The molecule has 1 saturated heterocycles. The molecule has 0 aromatic heterocycles. The first-order valence-electron chi connectivity index (χ1n) is 11.8.